The molecule has 8 heteroatoms. The van der Waals surface area contributed by atoms with E-state index in [1.54, 1.807) is 29.2 Å². The van der Waals surface area contributed by atoms with Gasteiger partial charge in [0.25, 0.3) is 11.8 Å². The molecule has 1 aromatic heterocycles. The molecule has 2 saturated heterocycles. The first kappa shape index (κ1) is 24.7. The van der Waals surface area contributed by atoms with Gasteiger partial charge in [-0.2, -0.15) is 0 Å². The Hall–Kier alpha value is -3.65. The molecule has 3 aliphatic heterocycles. The SMILES string of the molecule is CC1(C)CC(NC(=O)c2ccccc2N2C(=O)N3CCc4c([nH]c5ccccc45)C3(C)C2=O)CC(C)(C)N1. The number of benzene rings is 2. The Morgan fingerprint density at radius 2 is 1.61 bits per heavy atom. The summed E-state index contributed by atoms with van der Waals surface area (Å²) in [5.74, 6) is -0.625. The molecule has 2 aromatic carbocycles. The van der Waals surface area contributed by atoms with Gasteiger partial charge < -0.3 is 20.5 Å². The van der Waals surface area contributed by atoms with E-state index in [4.69, 9.17) is 0 Å². The highest BCUT2D eigenvalue weighted by Crippen LogP contribution is 2.45. The first-order chi connectivity index (χ1) is 17.9. The Morgan fingerprint density at radius 1 is 0.947 bits per heavy atom. The quantitative estimate of drug-likeness (QED) is 0.451. The monoisotopic (exact) mass is 513 g/mol. The fraction of sp³-hybridized carbons (Fsp3) is 0.433. The van der Waals surface area contributed by atoms with Crippen LogP contribution in [0.3, 0.4) is 0 Å². The van der Waals surface area contributed by atoms with Crippen LogP contribution in [0.25, 0.3) is 10.9 Å². The summed E-state index contributed by atoms with van der Waals surface area (Å²) in [5.41, 5.74) is 1.99. The number of anilines is 1. The number of rotatable bonds is 3. The van der Waals surface area contributed by atoms with Crippen LogP contribution in [0.5, 0.6) is 0 Å². The highest BCUT2D eigenvalue weighted by atomic mass is 16.2. The minimum Gasteiger partial charge on any atom is -0.356 e. The van der Waals surface area contributed by atoms with Crippen molar-refractivity contribution in [2.75, 3.05) is 11.4 Å². The van der Waals surface area contributed by atoms with Gasteiger partial charge in [0.2, 0.25) is 0 Å². The second-order valence-corrected chi connectivity index (χ2v) is 12.4. The number of hydrogen-bond donors (Lipinski definition) is 3. The number of H-pyrrole nitrogens is 1. The molecule has 3 N–H and O–H groups in total. The molecule has 4 heterocycles. The van der Waals surface area contributed by atoms with Crippen LogP contribution in [0.4, 0.5) is 10.5 Å². The number of fused-ring (bicyclic) bond motifs is 5. The second kappa shape index (κ2) is 8.17. The zero-order valence-corrected chi connectivity index (χ0v) is 22.6. The molecule has 2 fully saturated rings. The predicted molar refractivity (Wildman–Crippen MR) is 147 cm³/mol. The van der Waals surface area contributed by atoms with Crippen LogP contribution in [-0.2, 0) is 16.8 Å². The van der Waals surface area contributed by atoms with E-state index in [0.29, 0.717) is 24.2 Å². The molecule has 198 valence electrons. The molecular weight excluding hydrogens is 478 g/mol. The lowest BCUT2D eigenvalue weighted by molar-refractivity contribution is -0.125. The molecule has 1 atom stereocenters. The lowest BCUT2D eigenvalue weighted by Gasteiger charge is -2.46. The van der Waals surface area contributed by atoms with Crippen molar-refractivity contribution in [1.82, 2.24) is 20.5 Å². The summed E-state index contributed by atoms with van der Waals surface area (Å²) in [7, 11) is 0. The molecular formula is C30H35N5O3. The Kier molecular flexibility index (Phi) is 5.31. The third-order valence-electron chi connectivity index (χ3n) is 8.38. The van der Waals surface area contributed by atoms with E-state index in [9.17, 15) is 14.4 Å². The summed E-state index contributed by atoms with van der Waals surface area (Å²) >= 11 is 0. The largest absolute Gasteiger partial charge is 0.356 e. The van der Waals surface area contributed by atoms with Crippen molar-refractivity contribution in [1.29, 1.82) is 0 Å². The van der Waals surface area contributed by atoms with Gasteiger partial charge >= 0.3 is 6.03 Å². The summed E-state index contributed by atoms with van der Waals surface area (Å²) < 4.78 is 0. The second-order valence-electron chi connectivity index (χ2n) is 12.4. The van der Waals surface area contributed by atoms with E-state index in [-0.39, 0.29) is 28.9 Å². The fourth-order valence-corrected chi connectivity index (χ4v) is 7.15. The van der Waals surface area contributed by atoms with E-state index in [1.165, 1.54) is 4.90 Å². The van der Waals surface area contributed by atoms with Gasteiger partial charge in [-0.15, -0.1) is 0 Å². The van der Waals surface area contributed by atoms with E-state index in [1.807, 2.05) is 31.2 Å². The van der Waals surface area contributed by atoms with Crippen molar-refractivity contribution in [2.45, 2.75) is 76.5 Å². The average molecular weight is 514 g/mol. The van der Waals surface area contributed by atoms with Crippen molar-refractivity contribution in [3.63, 3.8) is 0 Å². The number of aromatic nitrogens is 1. The number of imide groups is 1. The predicted octanol–water partition coefficient (Wildman–Crippen LogP) is 4.45. The molecule has 6 rings (SSSR count). The maximum absolute atomic E-state index is 14.2. The number of nitrogens with zero attached hydrogens (tertiary/aromatic N) is 2. The number of nitrogens with one attached hydrogen (secondary N) is 3. The third-order valence-corrected chi connectivity index (χ3v) is 8.38. The zero-order valence-electron chi connectivity index (χ0n) is 22.6. The van der Waals surface area contributed by atoms with E-state index in [2.05, 4.69) is 43.3 Å². The van der Waals surface area contributed by atoms with Crippen LogP contribution >= 0.6 is 0 Å². The lowest BCUT2D eigenvalue weighted by Crippen LogP contribution is -2.62. The summed E-state index contributed by atoms with van der Waals surface area (Å²) in [6.45, 7) is 10.8. The number of aromatic amines is 1. The maximum Gasteiger partial charge on any atom is 0.332 e. The van der Waals surface area contributed by atoms with E-state index >= 15 is 0 Å². The molecule has 0 saturated carbocycles. The van der Waals surface area contributed by atoms with Crippen LogP contribution in [0.15, 0.2) is 48.5 Å². The zero-order chi connectivity index (χ0) is 27.0. The van der Waals surface area contributed by atoms with Gasteiger partial charge in [-0.25, -0.2) is 9.69 Å². The van der Waals surface area contributed by atoms with Gasteiger partial charge in [-0.3, -0.25) is 9.59 Å². The highest BCUT2D eigenvalue weighted by molar-refractivity contribution is 6.25. The molecule has 0 bridgehead atoms. The number of urea groups is 1. The molecule has 4 amide bonds. The standard InChI is InChI=1S/C30H35N5O3/c1-28(2)16-18(17-29(3,4)33-28)31-25(36)21-11-7-9-13-23(21)35-26(37)30(5)24-20(14-15-34(30)27(35)38)19-10-6-8-12-22(19)32-24/h6-13,18,32-33H,14-17H2,1-5H3,(H,31,36). The van der Waals surface area contributed by atoms with Crippen LogP contribution in [-0.4, -0.2) is 51.4 Å². The van der Waals surface area contributed by atoms with Crippen LogP contribution in [0, 0.1) is 0 Å². The number of carbonyl (C=O) groups is 3. The minimum absolute atomic E-state index is 0.0375. The maximum atomic E-state index is 14.2. The Bertz CT molecular complexity index is 1470. The summed E-state index contributed by atoms with van der Waals surface area (Å²) in [5, 5.41) is 7.91. The van der Waals surface area contributed by atoms with Crippen molar-refractivity contribution in [2.24, 2.45) is 0 Å². The van der Waals surface area contributed by atoms with Crippen molar-refractivity contribution >= 4 is 34.4 Å². The fourth-order valence-electron chi connectivity index (χ4n) is 7.15. The lowest BCUT2D eigenvalue weighted by atomic mass is 9.79. The molecule has 0 radical (unpaired) electrons. The van der Waals surface area contributed by atoms with Crippen molar-refractivity contribution < 1.29 is 14.4 Å². The minimum atomic E-state index is -1.17. The van der Waals surface area contributed by atoms with Gasteiger partial charge in [0, 0.05) is 34.6 Å². The Morgan fingerprint density at radius 3 is 2.34 bits per heavy atom. The molecule has 3 aliphatic rings. The third kappa shape index (κ3) is 3.65. The first-order valence-electron chi connectivity index (χ1n) is 13.4. The number of piperidine rings is 1. The number of para-hydroxylation sites is 2. The highest BCUT2D eigenvalue weighted by Gasteiger charge is 2.59. The Labute approximate surface area is 222 Å². The number of hydrogen-bond acceptors (Lipinski definition) is 4. The summed E-state index contributed by atoms with van der Waals surface area (Å²) in [6, 6.07) is 14.5. The summed E-state index contributed by atoms with van der Waals surface area (Å²) in [6.07, 6.45) is 2.22. The molecule has 0 spiro atoms. The van der Waals surface area contributed by atoms with Crippen molar-refractivity contribution in [3.8, 4) is 0 Å². The smallest absolute Gasteiger partial charge is 0.332 e. The summed E-state index contributed by atoms with van der Waals surface area (Å²) in [4.78, 5) is 47.8. The van der Waals surface area contributed by atoms with Gasteiger partial charge in [0.15, 0.2) is 5.54 Å². The molecule has 3 aromatic rings. The molecule has 38 heavy (non-hydrogen) atoms. The Balaban J connectivity index is 1.35. The molecule has 0 aliphatic carbocycles. The average Bonchev–Trinajstić information content (AvgIpc) is 3.31. The van der Waals surface area contributed by atoms with Gasteiger partial charge in [0.1, 0.15) is 0 Å². The van der Waals surface area contributed by atoms with Gasteiger partial charge in [-0.1, -0.05) is 30.3 Å². The van der Waals surface area contributed by atoms with Crippen LogP contribution in [0.1, 0.15) is 69.1 Å². The normalized spacial score (nSPS) is 24.4. The topological polar surface area (TPSA) is 97.5 Å². The van der Waals surface area contributed by atoms with Crippen molar-refractivity contribution in [3.05, 3.63) is 65.4 Å². The van der Waals surface area contributed by atoms with E-state index < -0.39 is 11.6 Å². The van der Waals surface area contributed by atoms with Gasteiger partial charge in [-0.05, 0) is 77.6 Å². The van der Waals surface area contributed by atoms with Crippen LogP contribution in [0.2, 0.25) is 0 Å². The van der Waals surface area contributed by atoms with E-state index in [0.717, 1.165) is 35.0 Å². The number of carbonyl (C=O) groups excluding carboxylic acids is 3. The first-order valence-corrected chi connectivity index (χ1v) is 13.4. The number of amides is 4. The molecule has 1 unspecified atom stereocenters. The van der Waals surface area contributed by atoms with Gasteiger partial charge in [0.05, 0.1) is 16.9 Å². The van der Waals surface area contributed by atoms with Crippen LogP contribution < -0.4 is 15.5 Å². The molecule has 8 nitrogen and oxygen atoms in total.